The molecule has 3 rings (SSSR count). The van der Waals surface area contributed by atoms with E-state index in [2.05, 4.69) is 46.4 Å². The first-order valence-corrected chi connectivity index (χ1v) is 9.38. The van der Waals surface area contributed by atoms with E-state index in [1.807, 2.05) is 24.3 Å². The normalized spacial score (nSPS) is 12.4. The summed E-state index contributed by atoms with van der Waals surface area (Å²) >= 11 is 5.37. The summed E-state index contributed by atoms with van der Waals surface area (Å²) in [5.74, 6) is 0.820. The zero-order chi connectivity index (χ0) is 18.2. The molecule has 0 aromatic heterocycles. The summed E-state index contributed by atoms with van der Waals surface area (Å²) in [6.07, 6.45) is 3.92. The molecular weight excluding hydrogens is 342 g/mol. The number of para-hydroxylation sites is 1. The van der Waals surface area contributed by atoms with Crippen molar-refractivity contribution in [2.45, 2.75) is 12.8 Å². The molecule has 0 saturated heterocycles. The van der Waals surface area contributed by atoms with Gasteiger partial charge in [-0.2, -0.15) is 0 Å². The molecule has 2 aromatic rings. The molecular formula is C21H25N3OS. The second kappa shape index (κ2) is 9.25. The van der Waals surface area contributed by atoms with Crippen molar-refractivity contribution in [1.82, 2.24) is 5.32 Å². The zero-order valence-electron chi connectivity index (χ0n) is 14.9. The topological polar surface area (TPSA) is 36.5 Å². The molecule has 0 saturated carbocycles. The molecule has 5 heteroatoms. The standard InChI is InChI=1S/C21H25N3OS/c1-2-16-25-19-10-8-18(9-11-19)23-21(26)22-13-5-14-24-15-12-17-6-3-4-7-20(17)24/h2-4,6-11H,1,5,12-16H2,(H2,22,23,26). The van der Waals surface area contributed by atoms with Crippen LogP contribution in [0.3, 0.4) is 0 Å². The molecule has 136 valence electrons. The predicted molar refractivity (Wildman–Crippen MR) is 113 cm³/mol. The minimum atomic E-state index is 0.508. The van der Waals surface area contributed by atoms with Crippen LogP contribution >= 0.6 is 12.2 Å². The van der Waals surface area contributed by atoms with Crippen LogP contribution in [0.15, 0.2) is 61.2 Å². The van der Waals surface area contributed by atoms with Gasteiger partial charge in [-0.1, -0.05) is 30.9 Å². The maximum atomic E-state index is 5.47. The summed E-state index contributed by atoms with van der Waals surface area (Å²) in [5, 5.41) is 7.12. The fraction of sp³-hybridized carbons (Fsp3) is 0.286. The smallest absolute Gasteiger partial charge is 0.170 e. The van der Waals surface area contributed by atoms with Gasteiger partial charge in [-0.15, -0.1) is 0 Å². The lowest BCUT2D eigenvalue weighted by Gasteiger charge is -2.19. The molecule has 0 bridgehead atoms. The van der Waals surface area contributed by atoms with Gasteiger partial charge in [0.2, 0.25) is 0 Å². The van der Waals surface area contributed by atoms with Crippen LogP contribution in [0.2, 0.25) is 0 Å². The Hall–Kier alpha value is -2.53. The maximum absolute atomic E-state index is 5.47. The van der Waals surface area contributed by atoms with E-state index < -0.39 is 0 Å². The number of thiocarbonyl (C=S) groups is 1. The van der Waals surface area contributed by atoms with Gasteiger partial charge < -0.3 is 20.3 Å². The van der Waals surface area contributed by atoms with Gasteiger partial charge in [-0.05, 0) is 61.0 Å². The van der Waals surface area contributed by atoms with E-state index in [4.69, 9.17) is 17.0 Å². The van der Waals surface area contributed by atoms with E-state index in [0.29, 0.717) is 11.7 Å². The molecule has 0 unspecified atom stereocenters. The Morgan fingerprint density at radius 2 is 2.00 bits per heavy atom. The molecule has 0 radical (unpaired) electrons. The predicted octanol–water partition coefficient (Wildman–Crippen LogP) is 3.99. The number of fused-ring (bicyclic) bond motifs is 1. The van der Waals surface area contributed by atoms with Gasteiger partial charge in [-0.3, -0.25) is 0 Å². The first kappa shape index (κ1) is 18.3. The lowest BCUT2D eigenvalue weighted by atomic mass is 10.2. The minimum absolute atomic E-state index is 0.508. The largest absolute Gasteiger partial charge is 0.490 e. The molecule has 4 nitrogen and oxygen atoms in total. The van der Waals surface area contributed by atoms with Crippen LogP contribution in [-0.2, 0) is 6.42 Å². The quantitative estimate of drug-likeness (QED) is 0.419. The Morgan fingerprint density at radius 1 is 1.19 bits per heavy atom. The molecule has 0 atom stereocenters. The number of ether oxygens (including phenoxy) is 1. The molecule has 1 heterocycles. The van der Waals surface area contributed by atoms with E-state index in [-0.39, 0.29) is 0 Å². The van der Waals surface area contributed by atoms with Crippen molar-refractivity contribution in [1.29, 1.82) is 0 Å². The molecule has 0 aliphatic carbocycles. The van der Waals surface area contributed by atoms with Gasteiger partial charge in [0.15, 0.2) is 5.11 Å². The summed E-state index contributed by atoms with van der Waals surface area (Å²) in [7, 11) is 0. The first-order valence-electron chi connectivity index (χ1n) is 8.98. The van der Waals surface area contributed by atoms with Crippen LogP contribution in [0.4, 0.5) is 11.4 Å². The number of hydrogen-bond acceptors (Lipinski definition) is 3. The summed E-state index contributed by atoms with van der Waals surface area (Å²) in [6, 6.07) is 16.4. The van der Waals surface area contributed by atoms with Crippen molar-refractivity contribution in [3.63, 3.8) is 0 Å². The van der Waals surface area contributed by atoms with Gasteiger partial charge in [-0.25, -0.2) is 0 Å². The summed E-state index contributed by atoms with van der Waals surface area (Å²) in [4.78, 5) is 2.45. The van der Waals surface area contributed by atoms with Crippen LogP contribution in [0.5, 0.6) is 5.75 Å². The highest BCUT2D eigenvalue weighted by molar-refractivity contribution is 7.80. The van der Waals surface area contributed by atoms with Crippen molar-refractivity contribution in [2.75, 3.05) is 36.5 Å². The Kier molecular flexibility index (Phi) is 6.50. The van der Waals surface area contributed by atoms with E-state index in [9.17, 15) is 0 Å². The monoisotopic (exact) mass is 367 g/mol. The lowest BCUT2D eigenvalue weighted by molar-refractivity contribution is 0.363. The number of hydrogen-bond donors (Lipinski definition) is 2. The van der Waals surface area contributed by atoms with Crippen molar-refractivity contribution < 1.29 is 4.74 Å². The van der Waals surface area contributed by atoms with Crippen LogP contribution in [0, 0.1) is 0 Å². The third-order valence-electron chi connectivity index (χ3n) is 4.35. The van der Waals surface area contributed by atoms with Crippen LogP contribution in [0.25, 0.3) is 0 Å². The summed E-state index contributed by atoms with van der Waals surface area (Å²) in [6.45, 7) is 7.16. The number of nitrogens with one attached hydrogen (secondary N) is 2. The highest BCUT2D eigenvalue weighted by Crippen LogP contribution is 2.27. The second-order valence-electron chi connectivity index (χ2n) is 6.22. The van der Waals surface area contributed by atoms with E-state index in [1.165, 1.54) is 11.3 Å². The molecule has 1 aliphatic heterocycles. The van der Waals surface area contributed by atoms with Crippen molar-refractivity contribution in [2.24, 2.45) is 0 Å². The summed E-state index contributed by atoms with van der Waals surface area (Å²) < 4.78 is 5.47. The van der Waals surface area contributed by atoms with Crippen LogP contribution in [0.1, 0.15) is 12.0 Å². The van der Waals surface area contributed by atoms with Crippen molar-refractivity contribution in [3.8, 4) is 5.75 Å². The van der Waals surface area contributed by atoms with Crippen molar-refractivity contribution >= 4 is 28.7 Å². The third kappa shape index (κ3) is 4.99. The van der Waals surface area contributed by atoms with Crippen LogP contribution < -0.4 is 20.3 Å². The van der Waals surface area contributed by atoms with Gasteiger partial charge in [0, 0.05) is 31.0 Å². The number of nitrogens with zero attached hydrogens (tertiary/aromatic N) is 1. The molecule has 0 fully saturated rings. The third-order valence-corrected chi connectivity index (χ3v) is 4.60. The van der Waals surface area contributed by atoms with E-state index >= 15 is 0 Å². The zero-order valence-corrected chi connectivity index (χ0v) is 15.7. The first-order chi connectivity index (χ1) is 12.8. The van der Waals surface area contributed by atoms with Gasteiger partial charge >= 0.3 is 0 Å². The highest BCUT2D eigenvalue weighted by Gasteiger charge is 2.17. The molecule has 26 heavy (non-hydrogen) atoms. The molecule has 2 N–H and O–H groups in total. The summed E-state index contributed by atoms with van der Waals surface area (Å²) in [5.41, 5.74) is 3.78. The van der Waals surface area contributed by atoms with E-state index in [0.717, 1.165) is 43.9 Å². The van der Waals surface area contributed by atoms with Gasteiger partial charge in [0.1, 0.15) is 12.4 Å². The molecule has 0 spiro atoms. The minimum Gasteiger partial charge on any atom is -0.490 e. The molecule has 0 amide bonds. The second-order valence-corrected chi connectivity index (χ2v) is 6.63. The number of anilines is 2. The lowest BCUT2D eigenvalue weighted by Crippen LogP contribution is -2.32. The highest BCUT2D eigenvalue weighted by atomic mass is 32.1. The Labute approximate surface area is 160 Å². The average molecular weight is 368 g/mol. The fourth-order valence-electron chi connectivity index (χ4n) is 3.08. The Bertz CT molecular complexity index is 745. The average Bonchev–Trinajstić information content (AvgIpc) is 3.08. The van der Waals surface area contributed by atoms with E-state index in [1.54, 1.807) is 6.08 Å². The number of benzene rings is 2. The van der Waals surface area contributed by atoms with Gasteiger partial charge in [0.05, 0.1) is 0 Å². The van der Waals surface area contributed by atoms with Crippen molar-refractivity contribution in [3.05, 3.63) is 66.7 Å². The SMILES string of the molecule is C=CCOc1ccc(NC(=S)NCCCN2CCc3ccccc32)cc1. The Balaban J connectivity index is 1.36. The maximum Gasteiger partial charge on any atom is 0.170 e. The molecule has 2 aromatic carbocycles. The van der Waals surface area contributed by atoms with Gasteiger partial charge in [0.25, 0.3) is 0 Å². The van der Waals surface area contributed by atoms with Crippen LogP contribution in [-0.4, -0.2) is 31.4 Å². The Morgan fingerprint density at radius 3 is 2.81 bits per heavy atom. The molecule has 1 aliphatic rings. The fourth-order valence-corrected chi connectivity index (χ4v) is 3.30. The number of rotatable bonds is 8.